The summed E-state index contributed by atoms with van der Waals surface area (Å²) in [7, 11) is 1.52. The van der Waals surface area contributed by atoms with E-state index in [4.69, 9.17) is 26.2 Å². The number of ether oxygens (including phenoxy) is 2. The number of nitrogens with zero attached hydrogens (tertiary/aromatic N) is 2. The van der Waals surface area contributed by atoms with Gasteiger partial charge in [-0.15, -0.1) is 0 Å². The summed E-state index contributed by atoms with van der Waals surface area (Å²) in [4.78, 5) is 4.36. The van der Waals surface area contributed by atoms with Gasteiger partial charge in [-0.3, -0.25) is 0 Å². The topological polar surface area (TPSA) is 54.8 Å². The largest absolute Gasteiger partial charge is 0.493 e. The third-order valence-electron chi connectivity index (χ3n) is 3.77. The molecular weight excluding hydrogens is 359 g/mol. The number of aliphatic hydroxyl groups is 1. The Morgan fingerprint density at radius 1 is 1.15 bits per heavy atom. The molecule has 3 rings (SSSR count). The minimum Gasteiger partial charge on any atom is -0.493 e. The SMILES string of the molecule is COc1cc2c(Cl)cc(N(F)c3ccccc3)nc2cc1OCCCO. The van der Waals surface area contributed by atoms with E-state index in [0.717, 1.165) is 0 Å². The van der Waals surface area contributed by atoms with Crippen LogP contribution < -0.4 is 14.6 Å². The summed E-state index contributed by atoms with van der Waals surface area (Å²) in [5, 5.41) is 10.3. The number of para-hydroxylation sites is 1. The van der Waals surface area contributed by atoms with Gasteiger partial charge >= 0.3 is 0 Å². The second-order valence-corrected chi connectivity index (χ2v) is 5.93. The number of hydrogen-bond donors (Lipinski definition) is 1. The molecule has 0 radical (unpaired) electrons. The minimum atomic E-state index is 0.0258. The van der Waals surface area contributed by atoms with Crippen molar-refractivity contribution in [2.75, 3.05) is 25.4 Å². The minimum absolute atomic E-state index is 0.0258. The zero-order valence-corrected chi connectivity index (χ0v) is 14.9. The number of aromatic nitrogens is 1. The van der Waals surface area contributed by atoms with Crippen molar-refractivity contribution in [2.24, 2.45) is 0 Å². The number of pyridine rings is 1. The lowest BCUT2D eigenvalue weighted by Gasteiger charge is -2.16. The maximum Gasteiger partial charge on any atom is 0.165 e. The highest BCUT2D eigenvalue weighted by Crippen LogP contribution is 2.37. The molecule has 0 unspecified atom stereocenters. The van der Waals surface area contributed by atoms with Crippen molar-refractivity contribution in [2.45, 2.75) is 6.42 Å². The summed E-state index contributed by atoms with van der Waals surface area (Å²) >= 11 is 6.34. The molecule has 0 saturated heterocycles. The van der Waals surface area contributed by atoms with Crippen LogP contribution >= 0.6 is 11.6 Å². The fourth-order valence-corrected chi connectivity index (χ4v) is 2.74. The fraction of sp³-hybridized carbons (Fsp3) is 0.211. The molecule has 3 aromatic rings. The standard InChI is InChI=1S/C19H18ClFN2O3/c1-25-17-10-14-15(20)11-19(23(21)13-6-3-2-4-7-13)22-16(14)12-18(17)26-9-5-8-24/h2-4,6-7,10-12,24H,5,8-9H2,1H3. The third kappa shape index (κ3) is 3.81. The number of anilines is 2. The van der Waals surface area contributed by atoms with Crippen molar-refractivity contribution in [3.8, 4) is 11.5 Å². The lowest BCUT2D eigenvalue weighted by molar-refractivity contribution is 0.228. The molecular formula is C19H18ClFN2O3. The van der Waals surface area contributed by atoms with Crippen molar-refractivity contribution in [1.82, 2.24) is 4.98 Å². The number of halogens is 2. The van der Waals surface area contributed by atoms with Gasteiger partial charge in [-0.25, -0.2) is 4.98 Å². The predicted molar refractivity (Wildman–Crippen MR) is 100 cm³/mol. The number of benzene rings is 2. The van der Waals surface area contributed by atoms with E-state index in [-0.39, 0.29) is 12.4 Å². The summed E-state index contributed by atoms with van der Waals surface area (Å²) in [6.45, 7) is 0.350. The summed E-state index contributed by atoms with van der Waals surface area (Å²) in [6.07, 6.45) is 0.488. The first-order chi connectivity index (χ1) is 12.6. The molecule has 136 valence electrons. The zero-order valence-electron chi connectivity index (χ0n) is 14.2. The Labute approximate surface area is 155 Å². The van der Waals surface area contributed by atoms with Crippen molar-refractivity contribution in [3.63, 3.8) is 0 Å². The van der Waals surface area contributed by atoms with Gasteiger partial charge in [0.25, 0.3) is 0 Å². The van der Waals surface area contributed by atoms with Crippen molar-refractivity contribution in [1.29, 1.82) is 0 Å². The van der Waals surface area contributed by atoms with Crippen LogP contribution in [0.3, 0.4) is 0 Å². The first kappa shape index (κ1) is 18.2. The lowest BCUT2D eigenvalue weighted by atomic mass is 10.2. The second kappa shape index (κ2) is 8.21. The second-order valence-electron chi connectivity index (χ2n) is 5.52. The van der Waals surface area contributed by atoms with Gasteiger partial charge < -0.3 is 14.6 Å². The van der Waals surface area contributed by atoms with Gasteiger partial charge in [0.15, 0.2) is 17.3 Å². The molecule has 0 spiro atoms. The van der Waals surface area contributed by atoms with Crippen LogP contribution in [0.1, 0.15) is 6.42 Å². The molecule has 0 atom stereocenters. The highest BCUT2D eigenvalue weighted by Gasteiger charge is 2.16. The molecule has 1 heterocycles. The Balaban J connectivity index is 2.03. The Kier molecular flexibility index (Phi) is 5.75. The first-order valence-electron chi connectivity index (χ1n) is 8.07. The average Bonchev–Trinajstić information content (AvgIpc) is 2.67. The number of rotatable bonds is 7. The maximum absolute atomic E-state index is 14.7. The smallest absolute Gasteiger partial charge is 0.165 e. The van der Waals surface area contributed by atoms with Crippen LogP contribution in [0.15, 0.2) is 48.5 Å². The van der Waals surface area contributed by atoms with Gasteiger partial charge in [0, 0.05) is 30.5 Å². The van der Waals surface area contributed by atoms with Crippen LogP contribution in [-0.2, 0) is 0 Å². The zero-order chi connectivity index (χ0) is 18.5. The van der Waals surface area contributed by atoms with Gasteiger partial charge in [0.05, 0.1) is 29.9 Å². The molecule has 7 heteroatoms. The molecule has 0 saturated carbocycles. The molecule has 1 N–H and O–H groups in total. The van der Waals surface area contributed by atoms with Gasteiger partial charge in [-0.05, 0) is 18.2 Å². The Hall–Kier alpha value is -2.57. The summed E-state index contributed by atoms with van der Waals surface area (Å²) in [6, 6.07) is 13.4. The molecule has 5 nitrogen and oxygen atoms in total. The van der Waals surface area contributed by atoms with Crippen LogP contribution in [0.2, 0.25) is 5.02 Å². The van der Waals surface area contributed by atoms with E-state index in [1.54, 1.807) is 42.5 Å². The van der Waals surface area contributed by atoms with E-state index in [1.165, 1.54) is 13.2 Å². The van der Waals surface area contributed by atoms with Gasteiger partial charge in [0.2, 0.25) is 0 Å². The average molecular weight is 377 g/mol. The fourth-order valence-electron chi connectivity index (χ4n) is 2.49. The van der Waals surface area contributed by atoms with Crippen molar-refractivity contribution >= 4 is 34.0 Å². The summed E-state index contributed by atoms with van der Waals surface area (Å²) in [5.74, 6) is 1.02. The molecule has 0 aliphatic heterocycles. The van der Waals surface area contributed by atoms with Crippen molar-refractivity contribution in [3.05, 3.63) is 53.6 Å². The third-order valence-corrected chi connectivity index (χ3v) is 4.09. The Morgan fingerprint density at radius 3 is 2.62 bits per heavy atom. The molecule has 1 aromatic heterocycles. The molecule has 26 heavy (non-hydrogen) atoms. The highest BCUT2D eigenvalue weighted by molar-refractivity contribution is 6.35. The number of aliphatic hydroxyl groups excluding tert-OH is 1. The van der Waals surface area contributed by atoms with Crippen LogP contribution in [0, 0.1) is 0 Å². The summed E-state index contributed by atoms with van der Waals surface area (Å²) < 4.78 is 25.7. The number of fused-ring (bicyclic) bond motifs is 1. The molecule has 0 bridgehead atoms. The van der Waals surface area contributed by atoms with E-state index in [9.17, 15) is 4.48 Å². The quantitative estimate of drug-likeness (QED) is 0.479. The maximum atomic E-state index is 14.7. The first-order valence-corrected chi connectivity index (χ1v) is 8.44. The normalized spacial score (nSPS) is 10.8. The Bertz CT molecular complexity index is 893. The molecule has 0 aliphatic rings. The molecule has 0 amide bonds. The van der Waals surface area contributed by atoms with E-state index in [1.807, 2.05) is 0 Å². The van der Waals surface area contributed by atoms with Crippen LogP contribution in [0.25, 0.3) is 10.9 Å². The van der Waals surface area contributed by atoms with E-state index < -0.39 is 0 Å². The van der Waals surface area contributed by atoms with E-state index >= 15 is 0 Å². The monoisotopic (exact) mass is 376 g/mol. The predicted octanol–water partition coefficient (Wildman–Crippen LogP) is 4.68. The molecule has 2 aromatic carbocycles. The summed E-state index contributed by atoms with van der Waals surface area (Å²) in [5.41, 5.74) is 0.828. The molecule has 0 aliphatic carbocycles. The number of hydrogen-bond acceptors (Lipinski definition) is 5. The van der Waals surface area contributed by atoms with E-state index in [0.29, 0.717) is 51.3 Å². The number of methoxy groups -OCH3 is 1. The highest BCUT2D eigenvalue weighted by atomic mass is 35.5. The van der Waals surface area contributed by atoms with E-state index in [2.05, 4.69) is 4.98 Å². The molecule has 0 fully saturated rings. The van der Waals surface area contributed by atoms with Crippen LogP contribution in [0.5, 0.6) is 11.5 Å². The van der Waals surface area contributed by atoms with Gasteiger partial charge in [-0.2, -0.15) is 5.12 Å². The van der Waals surface area contributed by atoms with Crippen molar-refractivity contribution < 1.29 is 19.1 Å². The Morgan fingerprint density at radius 2 is 1.92 bits per heavy atom. The van der Waals surface area contributed by atoms with Gasteiger partial charge in [0.1, 0.15) is 0 Å². The van der Waals surface area contributed by atoms with Crippen LogP contribution in [0.4, 0.5) is 16.0 Å². The van der Waals surface area contributed by atoms with Gasteiger partial charge in [-0.1, -0.05) is 34.3 Å². The lowest BCUT2D eigenvalue weighted by Crippen LogP contribution is -2.06. The van der Waals surface area contributed by atoms with Crippen LogP contribution in [-0.4, -0.2) is 30.4 Å².